The van der Waals surface area contributed by atoms with E-state index in [9.17, 15) is 4.79 Å². The van der Waals surface area contributed by atoms with E-state index in [0.717, 1.165) is 16.7 Å². The van der Waals surface area contributed by atoms with Crippen LogP contribution in [0.5, 0.6) is 11.5 Å². The molecule has 0 spiro atoms. The molecule has 0 saturated heterocycles. The van der Waals surface area contributed by atoms with Crippen LogP contribution < -0.4 is 14.8 Å². The fourth-order valence-corrected chi connectivity index (χ4v) is 3.72. The van der Waals surface area contributed by atoms with Crippen LogP contribution in [0.3, 0.4) is 0 Å². The molecule has 0 radical (unpaired) electrons. The maximum atomic E-state index is 12.3. The number of rotatable bonds is 7. The van der Waals surface area contributed by atoms with E-state index < -0.39 is 0 Å². The van der Waals surface area contributed by atoms with Crippen LogP contribution >= 0.6 is 11.8 Å². The SMILES string of the molecule is Cn1c(CCNC(=O)c2ccc3c(c2)OCO3)nnc1SCc1ccccc1. The first-order valence-corrected chi connectivity index (χ1v) is 9.92. The highest BCUT2D eigenvalue weighted by Gasteiger charge is 2.16. The minimum atomic E-state index is -0.154. The molecule has 1 N–H and O–H groups in total. The number of thioether (sulfide) groups is 1. The third-order valence-corrected chi connectivity index (χ3v) is 5.50. The number of carbonyl (C=O) groups is 1. The number of nitrogens with zero attached hydrogens (tertiary/aromatic N) is 3. The predicted molar refractivity (Wildman–Crippen MR) is 106 cm³/mol. The lowest BCUT2D eigenvalue weighted by atomic mass is 10.2. The Kier molecular flexibility index (Phi) is 5.48. The third-order valence-electron chi connectivity index (χ3n) is 4.40. The largest absolute Gasteiger partial charge is 0.454 e. The van der Waals surface area contributed by atoms with Crippen LogP contribution in [0.25, 0.3) is 0 Å². The molecule has 1 amide bonds. The second kappa shape index (κ2) is 8.35. The van der Waals surface area contributed by atoms with Crippen molar-refractivity contribution in [3.8, 4) is 11.5 Å². The van der Waals surface area contributed by atoms with Crippen LogP contribution in [-0.2, 0) is 19.2 Å². The van der Waals surface area contributed by atoms with Gasteiger partial charge in [0.1, 0.15) is 5.82 Å². The summed E-state index contributed by atoms with van der Waals surface area (Å²) in [6, 6.07) is 15.4. The number of carbonyl (C=O) groups excluding carboxylic acids is 1. The zero-order valence-electron chi connectivity index (χ0n) is 15.4. The number of hydrogen-bond acceptors (Lipinski definition) is 6. The molecule has 0 atom stereocenters. The van der Waals surface area contributed by atoms with Gasteiger partial charge in [-0.2, -0.15) is 0 Å². The first-order chi connectivity index (χ1) is 13.7. The van der Waals surface area contributed by atoms with Crippen molar-refractivity contribution in [2.24, 2.45) is 7.05 Å². The Morgan fingerprint density at radius 2 is 1.96 bits per heavy atom. The monoisotopic (exact) mass is 396 g/mol. The Hall–Kier alpha value is -3.00. The molecule has 144 valence electrons. The first kappa shape index (κ1) is 18.4. The van der Waals surface area contributed by atoms with Crippen molar-refractivity contribution in [1.82, 2.24) is 20.1 Å². The Balaban J connectivity index is 1.29. The highest BCUT2D eigenvalue weighted by atomic mass is 32.2. The van der Waals surface area contributed by atoms with Crippen molar-refractivity contribution in [3.05, 3.63) is 65.5 Å². The molecule has 0 saturated carbocycles. The van der Waals surface area contributed by atoms with Crippen molar-refractivity contribution in [2.45, 2.75) is 17.3 Å². The van der Waals surface area contributed by atoms with Crippen molar-refractivity contribution >= 4 is 17.7 Å². The Bertz CT molecular complexity index is 975. The summed E-state index contributed by atoms with van der Waals surface area (Å²) in [6.45, 7) is 0.666. The standard InChI is InChI=1S/C20H20N4O3S/c1-24-18(22-23-20(24)28-12-14-5-3-2-4-6-14)9-10-21-19(25)15-7-8-16-17(11-15)27-13-26-16/h2-8,11H,9-10,12-13H2,1H3,(H,21,25). The van der Waals surface area contributed by atoms with Gasteiger partial charge in [-0.1, -0.05) is 42.1 Å². The molecule has 0 unspecified atom stereocenters. The molecule has 1 aromatic heterocycles. The van der Waals surface area contributed by atoms with E-state index in [1.54, 1.807) is 30.0 Å². The van der Waals surface area contributed by atoms with Crippen molar-refractivity contribution in [1.29, 1.82) is 0 Å². The van der Waals surface area contributed by atoms with E-state index in [4.69, 9.17) is 9.47 Å². The van der Waals surface area contributed by atoms with Gasteiger partial charge >= 0.3 is 0 Å². The van der Waals surface area contributed by atoms with Crippen LogP contribution in [0.4, 0.5) is 0 Å². The van der Waals surface area contributed by atoms with Gasteiger partial charge in [-0.3, -0.25) is 4.79 Å². The topological polar surface area (TPSA) is 78.3 Å². The number of nitrogens with one attached hydrogen (secondary N) is 1. The van der Waals surface area contributed by atoms with Crippen LogP contribution in [0, 0.1) is 0 Å². The number of fused-ring (bicyclic) bond motifs is 1. The summed E-state index contributed by atoms with van der Waals surface area (Å²) in [5.41, 5.74) is 1.79. The molecule has 2 aromatic carbocycles. The average molecular weight is 396 g/mol. The molecule has 7 nitrogen and oxygen atoms in total. The lowest BCUT2D eigenvalue weighted by Crippen LogP contribution is -2.26. The zero-order valence-corrected chi connectivity index (χ0v) is 16.2. The number of amides is 1. The van der Waals surface area contributed by atoms with Gasteiger partial charge in [0.05, 0.1) is 0 Å². The van der Waals surface area contributed by atoms with Gasteiger partial charge in [0.25, 0.3) is 5.91 Å². The molecule has 4 rings (SSSR count). The van der Waals surface area contributed by atoms with E-state index >= 15 is 0 Å². The van der Waals surface area contributed by atoms with Gasteiger partial charge in [-0.05, 0) is 23.8 Å². The molecular formula is C20H20N4O3S. The first-order valence-electron chi connectivity index (χ1n) is 8.93. The fraction of sp³-hybridized carbons (Fsp3) is 0.250. The number of benzene rings is 2. The second-order valence-corrected chi connectivity index (χ2v) is 7.25. The zero-order chi connectivity index (χ0) is 19.3. The molecule has 0 aliphatic carbocycles. The quantitative estimate of drug-likeness (QED) is 0.619. The Morgan fingerprint density at radius 3 is 2.82 bits per heavy atom. The summed E-state index contributed by atoms with van der Waals surface area (Å²) in [4.78, 5) is 12.3. The van der Waals surface area contributed by atoms with E-state index in [-0.39, 0.29) is 12.7 Å². The molecule has 1 aliphatic heterocycles. The minimum Gasteiger partial charge on any atom is -0.454 e. The molecule has 2 heterocycles. The summed E-state index contributed by atoms with van der Waals surface area (Å²) in [5.74, 6) is 2.78. The van der Waals surface area contributed by atoms with E-state index in [1.165, 1.54) is 5.56 Å². The predicted octanol–water partition coefficient (Wildman–Crippen LogP) is 2.81. The van der Waals surface area contributed by atoms with Gasteiger partial charge in [0.2, 0.25) is 6.79 Å². The van der Waals surface area contributed by atoms with Gasteiger partial charge in [-0.25, -0.2) is 0 Å². The van der Waals surface area contributed by atoms with Gasteiger partial charge in [-0.15, -0.1) is 10.2 Å². The van der Waals surface area contributed by atoms with Crippen LogP contribution in [0.15, 0.2) is 53.7 Å². The highest BCUT2D eigenvalue weighted by Crippen LogP contribution is 2.32. The minimum absolute atomic E-state index is 0.154. The molecule has 0 fully saturated rings. The summed E-state index contributed by atoms with van der Waals surface area (Å²) in [6.07, 6.45) is 0.603. The van der Waals surface area contributed by atoms with E-state index in [0.29, 0.717) is 30.0 Å². The molecule has 1 aliphatic rings. The van der Waals surface area contributed by atoms with Crippen molar-refractivity contribution in [3.63, 3.8) is 0 Å². The Labute approximate surface area is 167 Å². The molecule has 0 bridgehead atoms. The number of hydrogen-bond donors (Lipinski definition) is 1. The lowest BCUT2D eigenvalue weighted by molar-refractivity contribution is 0.0953. The third kappa shape index (κ3) is 4.12. The average Bonchev–Trinajstić information content (AvgIpc) is 3.33. The van der Waals surface area contributed by atoms with Crippen molar-refractivity contribution in [2.75, 3.05) is 13.3 Å². The van der Waals surface area contributed by atoms with Gasteiger partial charge < -0.3 is 19.4 Å². The molecule has 3 aromatic rings. The smallest absolute Gasteiger partial charge is 0.251 e. The van der Waals surface area contributed by atoms with Crippen LogP contribution in [-0.4, -0.2) is 34.0 Å². The summed E-state index contributed by atoms with van der Waals surface area (Å²) >= 11 is 1.65. The van der Waals surface area contributed by atoms with E-state index in [1.807, 2.05) is 29.8 Å². The summed E-state index contributed by atoms with van der Waals surface area (Å²) in [7, 11) is 1.95. The summed E-state index contributed by atoms with van der Waals surface area (Å²) in [5, 5.41) is 12.3. The maximum absolute atomic E-state index is 12.3. The fourth-order valence-electron chi connectivity index (χ4n) is 2.84. The van der Waals surface area contributed by atoms with Crippen LogP contribution in [0.2, 0.25) is 0 Å². The van der Waals surface area contributed by atoms with E-state index in [2.05, 4.69) is 27.6 Å². The summed E-state index contributed by atoms with van der Waals surface area (Å²) < 4.78 is 12.5. The molecule has 28 heavy (non-hydrogen) atoms. The van der Waals surface area contributed by atoms with Gasteiger partial charge in [0, 0.05) is 31.3 Å². The molecule has 8 heteroatoms. The van der Waals surface area contributed by atoms with Crippen molar-refractivity contribution < 1.29 is 14.3 Å². The van der Waals surface area contributed by atoms with Gasteiger partial charge in [0.15, 0.2) is 16.7 Å². The number of ether oxygens (including phenoxy) is 2. The lowest BCUT2D eigenvalue weighted by Gasteiger charge is -2.07. The highest BCUT2D eigenvalue weighted by molar-refractivity contribution is 7.98. The normalized spacial score (nSPS) is 12.2. The molecular weight excluding hydrogens is 376 g/mol. The van der Waals surface area contributed by atoms with Crippen LogP contribution in [0.1, 0.15) is 21.7 Å². The second-order valence-electron chi connectivity index (χ2n) is 6.31. The Morgan fingerprint density at radius 1 is 1.14 bits per heavy atom. The number of aromatic nitrogens is 3. The maximum Gasteiger partial charge on any atom is 0.251 e.